The van der Waals surface area contributed by atoms with E-state index >= 15 is 4.39 Å². The van der Waals surface area contributed by atoms with Crippen molar-refractivity contribution < 1.29 is 8.81 Å². The van der Waals surface area contributed by atoms with E-state index in [2.05, 4.69) is 169 Å². The Hall–Kier alpha value is -8.01. The van der Waals surface area contributed by atoms with E-state index in [1.807, 2.05) is 54.6 Å². The number of anilines is 3. The van der Waals surface area contributed by atoms with E-state index in [9.17, 15) is 0 Å². The fraction of sp³-hybridized carbons (Fsp3) is 0. The van der Waals surface area contributed by atoms with E-state index in [4.69, 9.17) is 4.42 Å². The lowest BCUT2D eigenvalue weighted by molar-refractivity contribution is 0.644. The topological polar surface area (TPSA) is 16.4 Å². The van der Waals surface area contributed by atoms with E-state index in [0.29, 0.717) is 10.9 Å². The average Bonchev–Trinajstić information content (AvgIpc) is 3.71. The summed E-state index contributed by atoms with van der Waals surface area (Å²) in [4.78, 5) is 2.33. The minimum atomic E-state index is -0.208. The van der Waals surface area contributed by atoms with Crippen LogP contribution >= 0.6 is 0 Å². The van der Waals surface area contributed by atoms with Crippen LogP contribution in [0.4, 0.5) is 21.5 Å². The summed E-state index contributed by atoms with van der Waals surface area (Å²) in [5, 5.41) is 10.4. The highest BCUT2D eigenvalue weighted by molar-refractivity contribution is 6.15. The molecule has 0 atom stereocenters. The van der Waals surface area contributed by atoms with Gasteiger partial charge in [-0.25, -0.2) is 4.39 Å². The Kier molecular flexibility index (Phi) is 8.07. The van der Waals surface area contributed by atoms with Crippen LogP contribution in [0.25, 0.3) is 98.4 Å². The van der Waals surface area contributed by atoms with Gasteiger partial charge < -0.3 is 9.32 Å². The van der Waals surface area contributed by atoms with Crippen molar-refractivity contribution in [1.82, 2.24) is 0 Å². The van der Waals surface area contributed by atoms with Crippen molar-refractivity contribution in [3.63, 3.8) is 0 Å². The quantitative estimate of drug-likeness (QED) is 0.156. The molecule has 2 nitrogen and oxygen atoms in total. The molecule has 0 saturated heterocycles. The minimum Gasteiger partial charge on any atom is -0.455 e. The van der Waals surface area contributed by atoms with Crippen molar-refractivity contribution in [2.24, 2.45) is 0 Å². The summed E-state index contributed by atoms with van der Waals surface area (Å²) in [6.07, 6.45) is 0. The largest absolute Gasteiger partial charge is 0.455 e. The Bertz CT molecular complexity index is 3660. The zero-order chi connectivity index (χ0) is 40.4. The Labute approximate surface area is 352 Å². The summed E-state index contributed by atoms with van der Waals surface area (Å²) < 4.78 is 23.3. The molecule has 286 valence electrons. The number of hydrogen-bond donors (Lipinski definition) is 0. The SMILES string of the molecule is Fc1c(-c2ccc(N(c3cc(-c4ccccc4)cc(-c4cccc5c4oc4ccccc45)c3)c3ccc4ccc5ccccc5c4c3)cc2)c2ccccc2c2ccccc12. The van der Waals surface area contributed by atoms with Crippen molar-refractivity contribution in [1.29, 1.82) is 0 Å². The molecular formula is C58H36FNO. The molecule has 0 radical (unpaired) electrons. The van der Waals surface area contributed by atoms with E-state index < -0.39 is 0 Å². The van der Waals surface area contributed by atoms with Crippen molar-refractivity contribution >= 4 is 82.1 Å². The molecule has 0 fully saturated rings. The van der Waals surface area contributed by atoms with E-state index in [1.165, 1.54) is 21.5 Å². The molecule has 0 saturated carbocycles. The highest BCUT2D eigenvalue weighted by Gasteiger charge is 2.21. The van der Waals surface area contributed by atoms with Gasteiger partial charge in [-0.1, -0.05) is 170 Å². The molecule has 0 aliphatic heterocycles. The van der Waals surface area contributed by atoms with Crippen molar-refractivity contribution in [2.75, 3.05) is 4.90 Å². The van der Waals surface area contributed by atoms with Gasteiger partial charge in [-0.3, -0.25) is 0 Å². The lowest BCUT2D eigenvalue weighted by Crippen LogP contribution is -2.10. The van der Waals surface area contributed by atoms with Gasteiger partial charge in [0, 0.05) is 44.3 Å². The van der Waals surface area contributed by atoms with Gasteiger partial charge in [0.2, 0.25) is 0 Å². The van der Waals surface area contributed by atoms with Gasteiger partial charge >= 0.3 is 0 Å². The molecule has 0 aliphatic rings. The number of fused-ring (bicyclic) bond motifs is 9. The van der Waals surface area contributed by atoms with Crippen molar-refractivity contribution in [3.8, 4) is 33.4 Å². The Morgan fingerprint density at radius 3 is 1.72 bits per heavy atom. The maximum atomic E-state index is 16.7. The van der Waals surface area contributed by atoms with Crippen LogP contribution in [0.15, 0.2) is 223 Å². The van der Waals surface area contributed by atoms with Gasteiger partial charge in [0.15, 0.2) is 0 Å². The monoisotopic (exact) mass is 781 g/mol. The molecule has 12 aromatic rings. The van der Waals surface area contributed by atoms with Gasteiger partial charge in [-0.05, 0) is 108 Å². The number of halogens is 1. The molecule has 12 rings (SSSR count). The van der Waals surface area contributed by atoms with Gasteiger partial charge in [0.05, 0.1) is 0 Å². The number of benzene rings is 11. The molecule has 0 spiro atoms. The number of hydrogen-bond acceptors (Lipinski definition) is 2. The molecule has 0 aliphatic carbocycles. The van der Waals surface area contributed by atoms with Crippen LogP contribution in [-0.4, -0.2) is 0 Å². The third-order valence-electron chi connectivity index (χ3n) is 12.3. The minimum absolute atomic E-state index is 0.208. The highest BCUT2D eigenvalue weighted by atomic mass is 19.1. The fourth-order valence-corrected chi connectivity index (χ4v) is 9.40. The van der Waals surface area contributed by atoms with E-state index in [1.54, 1.807) is 0 Å². The molecule has 0 amide bonds. The predicted molar refractivity (Wildman–Crippen MR) is 255 cm³/mol. The van der Waals surface area contributed by atoms with Crippen LogP contribution < -0.4 is 4.90 Å². The normalized spacial score (nSPS) is 11.7. The smallest absolute Gasteiger partial charge is 0.143 e. The first kappa shape index (κ1) is 35.0. The maximum absolute atomic E-state index is 16.7. The van der Waals surface area contributed by atoms with Gasteiger partial charge in [0.25, 0.3) is 0 Å². The molecule has 61 heavy (non-hydrogen) atoms. The van der Waals surface area contributed by atoms with Crippen molar-refractivity contribution in [2.45, 2.75) is 0 Å². The summed E-state index contributed by atoms with van der Waals surface area (Å²) in [5.74, 6) is -0.208. The second kappa shape index (κ2) is 14.1. The van der Waals surface area contributed by atoms with Gasteiger partial charge in [-0.2, -0.15) is 0 Å². The Morgan fingerprint density at radius 1 is 0.328 bits per heavy atom. The summed E-state index contributed by atoms with van der Waals surface area (Å²) in [6, 6.07) is 76.0. The fourth-order valence-electron chi connectivity index (χ4n) is 9.40. The molecule has 1 heterocycles. The average molecular weight is 782 g/mol. The molecule has 0 N–H and O–H groups in total. The number of para-hydroxylation sites is 2. The lowest BCUT2D eigenvalue weighted by atomic mass is 9.92. The number of nitrogens with zero attached hydrogens (tertiary/aromatic N) is 1. The van der Waals surface area contributed by atoms with Crippen molar-refractivity contribution in [3.05, 3.63) is 224 Å². The van der Waals surface area contributed by atoms with E-state index in [0.717, 1.165) is 83.0 Å². The first-order chi connectivity index (χ1) is 30.2. The summed E-state index contributed by atoms with van der Waals surface area (Å²) >= 11 is 0. The zero-order valence-corrected chi connectivity index (χ0v) is 33.0. The Balaban J connectivity index is 1.10. The third-order valence-corrected chi connectivity index (χ3v) is 12.3. The first-order valence-electron chi connectivity index (χ1n) is 20.7. The van der Waals surface area contributed by atoms with Crippen LogP contribution in [-0.2, 0) is 0 Å². The first-order valence-corrected chi connectivity index (χ1v) is 20.7. The zero-order valence-electron chi connectivity index (χ0n) is 33.0. The lowest BCUT2D eigenvalue weighted by Gasteiger charge is -2.27. The van der Waals surface area contributed by atoms with Gasteiger partial charge in [0.1, 0.15) is 17.0 Å². The number of rotatable bonds is 6. The molecular weight excluding hydrogens is 746 g/mol. The molecule has 3 heteroatoms. The standard InChI is InChI=1S/C58H36FNO/c59-57-52-21-9-7-18-49(52)48-17-6-8-20-51(48)56(57)40-28-30-43(31-29-40)60(44-32-27-39-26-25-38-15-4-5-16-46(38)54(39)36-44)45-34-41(37-13-2-1-3-14-37)33-42(35-45)47-22-12-23-53-50-19-10-11-24-55(50)61-58(47)53/h1-36H. The van der Waals surface area contributed by atoms with E-state index in [-0.39, 0.29) is 5.82 Å². The van der Waals surface area contributed by atoms with Crippen LogP contribution in [0.5, 0.6) is 0 Å². The summed E-state index contributed by atoms with van der Waals surface area (Å²) in [5.41, 5.74) is 10.4. The van der Waals surface area contributed by atoms with Crippen LogP contribution in [0.2, 0.25) is 0 Å². The Morgan fingerprint density at radius 2 is 0.918 bits per heavy atom. The number of furan rings is 1. The molecule has 0 unspecified atom stereocenters. The summed E-state index contributed by atoms with van der Waals surface area (Å²) in [6.45, 7) is 0. The van der Waals surface area contributed by atoms with Gasteiger partial charge in [-0.15, -0.1) is 0 Å². The molecule has 0 bridgehead atoms. The molecule has 11 aromatic carbocycles. The highest BCUT2D eigenvalue weighted by Crippen LogP contribution is 2.45. The maximum Gasteiger partial charge on any atom is 0.143 e. The van der Waals surface area contributed by atoms with Crippen LogP contribution in [0.3, 0.4) is 0 Å². The van der Waals surface area contributed by atoms with Crippen LogP contribution in [0, 0.1) is 5.82 Å². The molecule has 1 aromatic heterocycles. The second-order valence-corrected chi connectivity index (χ2v) is 15.8. The third kappa shape index (κ3) is 5.78. The summed E-state index contributed by atoms with van der Waals surface area (Å²) in [7, 11) is 0. The predicted octanol–water partition coefficient (Wildman–Crippen LogP) is 16.8. The van der Waals surface area contributed by atoms with Crippen LogP contribution in [0.1, 0.15) is 0 Å². The second-order valence-electron chi connectivity index (χ2n) is 15.8.